The minimum Gasteiger partial charge on any atom is -0.507 e. The Hall–Kier alpha value is -3.95. The zero-order valence-corrected chi connectivity index (χ0v) is 28.2. The standard InChI is InChI=1S/C33H40O22/c34-6-15-19(39)23(43)26(46)31(52-15)49-8-17-21(41)25(45)28(48)33(54-17)55-30-22(42)18-13(38)4-10(50-32-27(47)24(44)20(40)16(7-35)53-32)5-14(18)51-29(30)9-1-2-11(36)12(37)3-9/h1-5,15-17,19-21,23-28,31-41,43-48H,6-8H2/t15-,16-,17-,19-,20-,21-,23-,24-,25-,26+,27-,28-,31+,32-,33-/m0/s1. The van der Waals surface area contributed by atoms with Gasteiger partial charge in [-0.2, -0.15) is 0 Å². The molecule has 22 nitrogen and oxygen atoms in total. The maximum absolute atomic E-state index is 14.1. The first-order chi connectivity index (χ1) is 26.1. The first-order valence-electron chi connectivity index (χ1n) is 16.7. The minimum atomic E-state index is -2.09. The summed E-state index contributed by atoms with van der Waals surface area (Å²) in [6, 6.07) is 5.08. The number of phenolic OH excluding ortho intramolecular Hbond substituents is 3. The molecule has 14 N–H and O–H groups in total. The molecular formula is C33H40O22. The third-order valence-corrected chi connectivity index (χ3v) is 9.42. The molecule has 55 heavy (non-hydrogen) atoms. The van der Waals surface area contributed by atoms with Crippen molar-refractivity contribution in [2.75, 3.05) is 19.8 Å². The lowest BCUT2D eigenvalue weighted by molar-refractivity contribution is -0.323. The molecule has 4 heterocycles. The summed E-state index contributed by atoms with van der Waals surface area (Å²) in [6.45, 7) is -2.28. The summed E-state index contributed by atoms with van der Waals surface area (Å²) in [6.07, 6.45) is -26.5. The van der Waals surface area contributed by atoms with E-state index in [0.29, 0.717) is 0 Å². The molecule has 3 aliphatic heterocycles. The number of aromatic hydroxyl groups is 3. The van der Waals surface area contributed by atoms with Crippen molar-refractivity contribution in [3.05, 3.63) is 40.6 Å². The highest BCUT2D eigenvalue weighted by Gasteiger charge is 2.49. The summed E-state index contributed by atoms with van der Waals surface area (Å²) in [7, 11) is 0. The van der Waals surface area contributed by atoms with Crippen LogP contribution in [0.3, 0.4) is 0 Å². The van der Waals surface area contributed by atoms with Crippen molar-refractivity contribution < 1.29 is 104 Å². The van der Waals surface area contributed by atoms with E-state index in [-0.39, 0.29) is 11.3 Å². The number of ether oxygens (including phenoxy) is 6. The van der Waals surface area contributed by atoms with E-state index in [0.717, 1.165) is 24.3 Å². The lowest BCUT2D eigenvalue weighted by Crippen LogP contribution is -2.62. The lowest BCUT2D eigenvalue weighted by atomic mass is 9.98. The first-order valence-corrected chi connectivity index (χ1v) is 16.7. The summed E-state index contributed by atoms with van der Waals surface area (Å²) < 4.78 is 38.9. The van der Waals surface area contributed by atoms with Gasteiger partial charge >= 0.3 is 0 Å². The van der Waals surface area contributed by atoms with Crippen LogP contribution in [-0.2, 0) is 18.9 Å². The van der Waals surface area contributed by atoms with Crippen LogP contribution in [0.4, 0.5) is 0 Å². The smallest absolute Gasteiger partial charge is 0.239 e. The molecule has 3 aliphatic rings. The van der Waals surface area contributed by atoms with E-state index in [2.05, 4.69) is 0 Å². The molecule has 1 aromatic heterocycles. The van der Waals surface area contributed by atoms with Crippen LogP contribution in [0.2, 0.25) is 0 Å². The van der Waals surface area contributed by atoms with E-state index in [1.165, 1.54) is 6.07 Å². The monoisotopic (exact) mass is 788 g/mol. The van der Waals surface area contributed by atoms with Gasteiger partial charge in [0.05, 0.1) is 19.8 Å². The van der Waals surface area contributed by atoms with Crippen molar-refractivity contribution in [2.24, 2.45) is 0 Å². The van der Waals surface area contributed by atoms with Gasteiger partial charge in [-0.05, 0) is 18.2 Å². The highest BCUT2D eigenvalue weighted by Crippen LogP contribution is 2.40. The number of phenols is 3. The van der Waals surface area contributed by atoms with E-state index < -0.39 is 157 Å². The van der Waals surface area contributed by atoms with Gasteiger partial charge in [-0.1, -0.05) is 0 Å². The Balaban J connectivity index is 1.33. The van der Waals surface area contributed by atoms with Crippen LogP contribution in [0, 0.1) is 0 Å². The molecule has 3 aromatic rings. The molecule has 0 spiro atoms. The Kier molecular flexibility index (Phi) is 12.0. The average Bonchev–Trinajstić information content (AvgIpc) is 3.16. The van der Waals surface area contributed by atoms with Gasteiger partial charge in [-0.3, -0.25) is 4.79 Å². The quantitative estimate of drug-likeness (QED) is 0.0853. The number of hydrogen-bond donors (Lipinski definition) is 14. The normalized spacial score (nSPS) is 36.8. The maximum Gasteiger partial charge on any atom is 0.239 e. The van der Waals surface area contributed by atoms with Gasteiger partial charge in [0, 0.05) is 17.7 Å². The highest BCUT2D eigenvalue weighted by molar-refractivity contribution is 5.88. The molecule has 304 valence electrons. The number of aliphatic hydroxyl groups is 11. The summed E-state index contributed by atoms with van der Waals surface area (Å²) in [5.74, 6) is -3.74. The van der Waals surface area contributed by atoms with E-state index in [1.807, 2.05) is 0 Å². The fraction of sp³-hybridized carbons (Fsp3) is 0.545. The Labute approximate surface area is 307 Å². The summed E-state index contributed by atoms with van der Waals surface area (Å²) in [4.78, 5) is 14.1. The van der Waals surface area contributed by atoms with Crippen molar-refractivity contribution in [3.63, 3.8) is 0 Å². The van der Waals surface area contributed by atoms with Crippen molar-refractivity contribution in [1.82, 2.24) is 0 Å². The van der Waals surface area contributed by atoms with Crippen molar-refractivity contribution >= 4 is 11.0 Å². The number of fused-ring (bicyclic) bond motifs is 1. The second-order valence-corrected chi connectivity index (χ2v) is 13.1. The second-order valence-electron chi connectivity index (χ2n) is 13.1. The number of hydrogen-bond acceptors (Lipinski definition) is 22. The lowest BCUT2D eigenvalue weighted by Gasteiger charge is -2.42. The molecule has 15 atom stereocenters. The SMILES string of the molecule is O=c1c(O[C@@H]2O[C@@H](CO[C@@H]3O[C@@H](CO)[C@H](O)[C@H](O)[C@H]3O)[C@H](O)[C@H](O)[C@@H]2O)c(-c2ccc(O)c(O)c2)oc2cc(O[C@H]3O[C@@H](CO)[C@H](O)[C@H](O)[C@@H]3O)cc(O)c12. The van der Waals surface area contributed by atoms with Gasteiger partial charge in [-0.25, -0.2) is 0 Å². The average molecular weight is 789 g/mol. The van der Waals surface area contributed by atoms with Crippen molar-refractivity contribution in [3.8, 4) is 40.1 Å². The summed E-state index contributed by atoms with van der Waals surface area (Å²) >= 11 is 0. The third kappa shape index (κ3) is 7.76. The zero-order valence-electron chi connectivity index (χ0n) is 28.2. The number of aliphatic hydroxyl groups excluding tert-OH is 11. The predicted molar refractivity (Wildman–Crippen MR) is 174 cm³/mol. The molecule has 6 rings (SSSR count). The number of rotatable bonds is 10. The Morgan fingerprint density at radius 2 is 1.09 bits per heavy atom. The van der Waals surface area contributed by atoms with Gasteiger partial charge in [0.2, 0.25) is 23.8 Å². The largest absolute Gasteiger partial charge is 0.507 e. The predicted octanol–water partition coefficient (Wildman–Crippen LogP) is -5.24. The molecule has 0 amide bonds. The van der Waals surface area contributed by atoms with Crippen molar-refractivity contribution in [2.45, 2.75) is 92.1 Å². The molecule has 0 unspecified atom stereocenters. The summed E-state index contributed by atoms with van der Waals surface area (Å²) in [5, 5.41) is 143. The fourth-order valence-corrected chi connectivity index (χ4v) is 6.25. The van der Waals surface area contributed by atoms with Gasteiger partial charge < -0.3 is 104 Å². The molecule has 0 bridgehead atoms. The van der Waals surface area contributed by atoms with Gasteiger partial charge in [0.1, 0.15) is 95.7 Å². The molecule has 22 heteroatoms. The topological polar surface area (TPSA) is 369 Å². The third-order valence-electron chi connectivity index (χ3n) is 9.42. The minimum absolute atomic E-state index is 0.141. The van der Waals surface area contributed by atoms with Gasteiger partial charge in [0.25, 0.3) is 0 Å². The van der Waals surface area contributed by atoms with E-state index in [1.54, 1.807) is 0 Å². The Bertz CT molecular complexity index is 1870. The van der Waals surface area contributed by atoms with Gasteiger partial charge in [0.15, 0.2) is 23.5 Å². The zero-order chi connectivity index (χ0) is 40.0. The molecule has 0 saturated carbocycles. The van der Waals surface area contributed by atoms with Crippen LogP contribution in [0.25, 0.3) is 22.3 Å². The van der Waals surface area contributed by atoms with Crippen LogP contribution in [0.1, 0.15) is 0 Å². The molecule has 2 aromatic carbocycles. The van der Waals surface area contributed by atoms with E-state index >= 15 is 0 Å². The molecule has 3 saturated heterocycles. The van der Waals surface area contributed by atoms with E-state index in [4.69, 9.17) is 32.8 Å². The van der Waals surface area contributed by atoms with Crippen LogP contribution in [0.5, 0.6) is 28.7 Å². The van der Waals surface area contributed by atoms with Crippen LogP contribution < -0.4 is 14.9 Å². The van der Waals surface area contributed by atoms with Crippen LogP contribution in [0.15, 0.2) is 39.5 Å². The van der Waals surface area contributed by atoms with E-state index in [9.17, 15) is 76.3 Å². The molecule has 0 aliphatic carbocycles. The highest BCUT2D eigenvalue weighted by atomic mass is 16.7. The van der Waals surface area contributed by atoms with Gasteiger partial charge in [-0.15, -0.1) is 0 Å². The molecule has 0 radical (unpaired) electrons. The van der Waals surface area contributed by atoms with Crippen LogP contribution >= 0.6 is 0 Å². The second kappa shape index (κ2) is 16.3. The molecular weight excluding hydrogens is 748 g/mol. The first kappa shape index (κ1) is 40.7. The Morgan fingerprint density at radius 3 is 1.67 bits per heavy atom. The van der Waals surface area contributed by atoms with Crippen molar-refractivity contribution in [1.29, 1.82) is 0 Å². The summed E-state index contributed by atoms with van der Waals surface area (Å²) in [5.41, 5.74) is -1.71. The fourth-order valence-electron chi connectivity index (χ4n) is 6.25. The Morgan fingerprint density at radius 1 is 0.564 bits per heavy atom. The number of benzene rings is 2. The molecule has 3 fully saturated rings. The van der Waals surface area contributed by atoms with Crippen LogP contribution in [-0.4, -0.2) is 183 Å². The maximum atomic E-state index is 14.1.